The molecule has 3 rings (SSSR count). The molecule has 0 spiro atoms. The molecular formula is C19H15F2NO4S. The summed E-state index contributed by atoms with van der Waals surface area (Å²) < 4.78 is 41.9. The minimum absolute atomic E-state index is 0.0705. The summed E-state index contributed by atoms with van der Waals surface area (Å²) in [7, 11) is 3.09. The maximum atomic E-state index is 13.2. The Kier molecular flexibility index (Phi) is 5.66. The van der Waals surface area contributed by atoms with Crippen LogP contribution in [0.5, 0.6) is 11.5 Å². The van der Waals surface area contributed by atoms with Gasteiger partial charge in [0.1, 0.15) is 11.6 Å². The van der Waals surface area contributed by atoms with E-state index in [0.29, 0.717) is 22.2 Å². The van der Waals surface area contributed by atoms with Crippen molar-refractivity contribution in [2.45, 2.75) is 6.61 Å². The fourth-order valence-electron chi connectivity index (χ4n) is 2.40. The molecule has 0 aliphatic rings. The highest BCUT2D eigenvalue weighted by molar-refractivity contribution is 7.13. The van der Waals surface area contributed by atoms with Crippen molar-refractivity contribution in [1.82, 2.24) is 4.98 Å². The largest absolute Gasteiger partial charge is 0.493 e. The van der Waals surface area contributed by atoms with Gasteiger partial charge in [0.15, 0.2) is 23.1 Å². The van der Waals surface area contributed by atoms with E-state index in [0.717, 1.165) is 23.8 Å². The molecule has 2 aromatic carbocycles. The molecule has 0 unspecified atom stereocenters. The lowest BCUT2D eigenvalue weighted by Gasteiger charge is -2.10. The van der Waals surface area contributed by atoms with E-state index in [2.05, 4.69) is 4.98 Å². The predicted octanol–water partition coefficient (Wildman–Crippen LogP) is 4.46. The van der Waals surface area contributed by atoms with Crippen molar-refractivity contribution < 1.29 is 27.8 Å². The van der Waals surface area contributed by atoms with Crippen molar-refractivity contribution in [2.24, 2.45) is 0 Å². The van der Waals surface area contributed by atoms with Crippen molar-refractivity contribution in [3.8, 4) is 22.1 Å². The standard InChI is InChI=1S/C19H15F2NO4S/c1-24-16-5-3-4-13(17(16)25-2)18-22-12(10-27-18)9-26-19(23)11-6-7-14(20)15(21)8-11/h3-8,10H,9H2,1-2H3. The van der Waals surface area contributed by atoms with E-state index in [9.17, 15) is 13.6 Å². The first-order chi connectivity index (χ1) is 13.0. The van der Waals surface area contributed by atoms with Gasteiger partial charge >= 0.3 is 5.97 Å². The van der Waals surface area contributed by atoms with Crippen LogP contribution in [0.4, 0.5) is 8.78 Å². The van der Waals surface area contributed by atoms with Crippen LogP contribution >= 0.6 is 11.3 Å². The summed E-state index contributed by atoms with van der Waals surface area (Å²) in [6, 6.07) is 8.28. The van der Waals surface area contributed by atoms with Crippen LogP contribution in [0, 0.1) is 11.6 Å². The average molecular weight is 391 g/mol. The highest BCUT2D eigenvalue weighted by Crippen LogP contribution is 2.39. The van der Waals surface area contributed by atoms with E-state index in [4.69, 9.17) is 14.2 Å². The molecule has 0 radical (unpaired) electrons. The third kappa shape index (κ3) is 4.06. The minimum atomic E-state index is -1.11. The number of methoxy groups -OCH3 is 2. The molecule has 140 valence electrons. The molecule has 0 aliphatic carbocycles. The number of esters is 1. The number of nitrogens with zero attached hydrogens (tertiary/aromatic N) is 1. The number of para-hydroxylation sites is 1. The Bertz CT molecular complexity index is 974. The average Bonchev–Trinajstić information content (AvgIpc) is 3.16. The zero-order valence-electron chi connectivity index (χ0n) is 14.5. The Morgan fingerprint density at radius 2 is 1.93 bits per heavy atom. The molecule has 1 heterocycles. The summed E-state index contributed by atoms with van der Waals surface area (Å²) >= 11 is 1.36. The third-order valence-corrected chi connectivity index (χ3v) is 4.62. The Labute approximate surface area is 158 Å². The SMILES string of the molecule is COc1cccc(-c2nc(COC(=O)c3ccc(F)c(F)c3)cs2)c1OC. The molecule has 0 fully saturated rings. The van der Waals surface area contributed by atoms with Crippen molar-refractivity contribution >= 4 is 17.3 Å². The summed E-state index contributed by atoms with van der Waals surface area (Å²) in [4.78, 5) is 16.4. The van der Waals surface area contributed by atoms with Crippen LogP contribution in [0.2, 0.25) is 0 Å². The second kappa shape index (κ2) is 8.13. The van der Waals surface area contributed by atoms with E-state index in [1.807, 2.05) is 12.1 Å². The maximum absolute atomic E-state index is 13.2. The normalized spacial score (nSPS) is 10.5. The number of hydrogen-bond donors (Lipinski definition) is 0. The number of rotatable bonds is 6. The maximum Gasteiger partial charge on any atom is 0.338 e. The monoisotopic (exact) mass is 391 g/mol. The quantitative estimate of drug-likeness (QED) is 0.581. The van der Waals surface area contributed by atoms with Gasteiger partial charge in [-0.15, -0.1) is 11.3 Å². The molecule has 0 amide bonds. The van der Waals surface area contributed by atoms with Gasteiger partial charge in [0, 0.05) is 5.38 Å². The first-order valence-electron chi connectivity index (χ1n) is 7.81. The van der Waals surface area contributed by atoms with Gasteiger partial charge in [0.2, 0.25) is 0 Å². The predicted molar refractivity (Wildman–Crippen MR) is 96.1 cm³/mol. The van der Waals surface area contributed by atoms with Crippen LogP contribution < -0.4 is 9.47 Å². The number of ether oxygens (including phenoxy) is 3. The lowest BCUT2D eigenvalue weighted by molar-refractivity contribution is 0.0468. The van der Waals surface area contributed by atoms with Crippen molar-refractivity contribution in [3.05, 3.63) is 64.7 Å². The molecule has 5 nitrogen and oxygen atoms in total. The van der Waals surface area contributed by atoms with Gasteiger partial charge in [0.05, 0.1) is 31.0 Å². The summed E-state index contributed by atoms with van der Waals surface area (Å²) in [5, 5.41) is 2.41. The Balaban J connectivity index is 1.73. The van der Waals surface area contributed by atoms with Crippen LogP contribution in [0.15, 0.2) is 41.8 Å². The molecule has 0 N–H and O–H groups in total. The fraction of sp³-hybridized carbons (Fsp3) is 0.158. The first-order valence-corrected chi connectivity index (χ1v) is 8.69. The Morgan fingerprint density at radius 1 is 1.11 bits per heavy atom. The smallest absolute Gasteiger partial charge is 0.338 e. The second-order valence-corrected chi connectivity index (χ2v) is 6.25. The van der Waals surface area contributed by atoms with E-state index < -0.39 is 17.6 Å². The van der Waals surface area contributed by atoms with Gasteiger partial charge in [-0.2, -0.15) is 0 Å². The summed E-state index contributed by atoms with van der Waals surface area (Å²) in [5.74, 6) is -1.76. The molecule has 27 heavy (non-hydrogen) atoms. The number of benzene rings is 2. The summed E-state index contributed by atoms with van der Waals surface area (Å²) in [6.45, 7) is -0.0966. The molecule has 0 saturated carbocycles. The number of thiazole rings is 1. The van der Waals surface area contributed by atoms with E-state index in [-0.39, 0.29) is 12.2 Å². The van der Waals surface area contributed by atoms with Gasteiger partial charge < -0.3 is 14.2 Å². The van der Waals surface area contributed by atoms with E-state index >= 15 is 0 Å². The van der Waals surface area contributed by atoms with E-state index in [1.165, 1.54) is 11.3 Å². The molecular weight excluding hydrogens is 376 g/mol. The summed E-state index contributed by atoms with van der Waals surface area (Å²) in [6.07, 6.45) is 0. The minimum Gasteiger partial charge on any atom is -0.493 e. The number of aromatic nitrogens is 1. The van der Waals surface area contributed by atoms with Crippen molar-refractivity contribution in [2.75, 3.05) is 14.2 Å². The zero-order valence-corrected chi connectivity index (χ0v) is 15.3. The highest BCUT2D eigenvalue weighted by Gasteiger charge is 2.16. The Hall–Kier alpha value is -3.00. The van der Waals surface area contributed by atoms with Crippen LogP contribution in [0.1, 0.15) is 16.1 Å². The van der Waals surface area contributed by atoms with Crippen LogP contribution in [0.3, 0.4) is 0 Å². The van der Waals surface area contributed by atoms with Gasteiger partial charge in [0.25, 0.3) is 0 Å². The number of hydrogen-bond acceptors (Lipinski definition) is 6. The summed E-state index contributed by atoms with van der Waals surface area (Å²) in [5.41, 5.74) is 1.20. The molecule has 0 bridgehead atoms. The van der Waals surface area contributed by atoms with Gasteiger partial charge in [-0.3, -0.25) is 0 Å². The lowest BCUT2D eigenvalue weighted by atomic mass is 10.2. The van der Waals surface area contributed by atoms with Gasteiger partial charge in [-0.25, -0.2) is 18.6 Å². The molecule has 0 atom stereocenters. The fourth-order valence-corrected chi connectivity index (χ4v) is 3.22. The van der Waals surface area contributed by atoms with Crippen molar-refractivity contribution in [1.29, 1.82) is 0 Å². The first kappa shape index (κ1) is 18.8. The van der Waals surface area contributed by atoms with Gasteiger partial charge in [-0.05, 0) is 30.3 Å². The zero-order chi connectivity index (χ0) is 19.4. The molecule has 3 aromatic rings. The van der Waals surface area contributed by atoms with E-state index in [1.54, 1.807) is 25.7 Å². The third-order valence-electron chi connectivity index (χ3n) is 3.69. The lowest BCUT2D eigenvalue weighted by Crippen LogP contribution is -2.06. The van der Waals surface area contributed by atoms with Crippen LogP contribution in [0.25, 0.3) is 10.6 Å². The molecule has 8 heteroatoms. The number of carbonyl (C=O) groups is 1. The highest BCUT2D eigenvalue weighted by atomic mass is 32.1. The second-order valence-electron chi connectivity index (χ2n) is 5.39. The molecule has 0 saturated heterocycles. The topological polar surface area (TPSA) is 57.7 Å². The molecule has 1 aromatic heterocycles. The number of halogens is 2. The Morgan fingerprint density at radius 3 is 2.63 bits per heavy atom. The number of carbonyl (C=O) groups excluding carboxylic acids is 1. The van der Waals surface area contributed by atoms with Crippen molar-refractivity contribution in [3.63, 3.8) is 0 Å². The van der Waals surface area contributed by atoms with Crippen LogP contribution in [-0.4, -0.2) is 25.2 Å². The molecule has 0 aliphatic heterocycles. The van der Waals surface area contributed by atoms with Gasteiger partial charge in [-0.1, -0.05) is 6.07 Å². The van der Waals surface area contributed by atoms with Crippen LogP contribution in [-0.2, 0) is 11.3 Å².